The van der Waals surface area contributed by atoms with Crippen molar-refractivity contribution in [3.63, 3.8) is 0 Å². The van der Waals surface area contributed by atoms with E-state index in [1.807, 2.05) is 0 Å². The molecule has 3 rings (SSSR count). The molecule has 0 unspecified atom stereocenters. The standard InChI is InChI=1S/C14H15BrClFN2O/c1-20-9-4-8(5-9)19-13-7-11(17)10(15)6-12(13)18-14(19)2-3-16/h6-9H,2-5H2,1H3. The van der Waals surface area contributed by atoms with Gasteiger partial charge in [-0.25, -0.2) is 9.37 Å². The van der Waals surface area contributed by atoms with Crippen molar-refractivity contribution >= 4 is 38.6 Å². The maximum Gasteiger partial charge on any atom is 0.139 e. The largest absolute Gasteiger partial charge is 0.381 e. The van der Waals surface area contributed by atoms with Crippen LogP contribution in [0.1, 0.15) is 24.7 Å². The van der Waals surface area contributed by atoms with Gasteiger partial charge in [0.1, 0.15) is 11.6 Å². The van der Waals surface area contributed by atoms with E-state index < -0.39 is 0 Å². The van der Waals surface area contributed by atoms with Gasteiger partial charge in [0.05, 0.1) is 21.6 Å². The Hall–Kier alpha value is -0.650. The van der Waals surface area contributed by atoms with Crippen LogP contribution in [0.4, 0.5) is 4.39 Å². The maximum atomic E-state index is 13.8. The first kappa shape index (κ1) is 14.3. The van der Waals surface area contributed by atoms with Gasteiger partial charge < -0.3 is 9.30 Å². The summed E-state index contributed by atoms with van der Waals surface area (Å²) < 4.78 is 21.7. The van der Waals surface area contributed by atoms with Crippen LogP contribution in [0.15, 0.2) is 16.6 Å². The number of rotatable bonds is 4. The minimum Gasteiger partial charge on any atom is -0.381 e. The van der Waals surface area contributed by atoms with E-state index >= 15 is 0 Å². The average Bonchev–Trinajstić information content (AvgIpc) is 2.68. The van der Waals surface area contributed by atoms with Gasteiger partial charge in [0.2, 0.25) is 0 Å². The molecule has 3 nitrogen and oxygen atoms in total. The molecule has 20 heavy (non-hydrogen) atoms. The summed E-state index contributed by atoms with van der Waals surface area (Å²) in [6.07, 6.45) is 2.86. The molecule has 1 heterocycles. The van der Waals surface area contributed by atoms with Crippen molar-refractivity contribution in [2.24, 2.45) is 0 Å². The Morgan fingerprint density at radius 3 is 2.90 bits per heavy atom. The van der Waals surface area contributed by atoms with E-state index in [9.17, 15) is 4.39 Å². The molecule has 0 aliphatic heterocycles. The predicted octanol–water partition coefficient (Wildman–Crippen LogP) is 4.07. The Morgan fingerprint density at radius 1 is 1.50 bits per heavy atom. The van der Waals surface area contributed by atoms with Crippen LogP contribution in [0.3, 0.4) is 0 Å². The summed E-state index contributed by atoms with van der Waals surface area (Å²) in [6.45, 7) is 0. The summed E-state index contributed by atoms with van der Waals surface area (Å²) in [7, 11) is 1.73. The first-order chi connectivity index (χ1) is 9.63. The molecule has 1 fully saturated rings. The van der Waals surface area contributed by atoms with E-state index in [-0.39, 0.29) is 5.82 Å². The van der Waals surface area contributed by atoms with Crippen LogP contribution in [-0.2, 0) is 11.2 Å². The Balaban J connectivity index is 2.07. The average molecular weight is 362 g/mol. The third-order valence-corrected chi connectivity index (χ3v) is 4.69. The highest BCUT2D eigenvalue weighted by Gasteiger charge is 2.33. The van der Waals surface area contributed by atoms with E-state index in [0.29, 0.717) is 28.9 Å². The number of hydrogen-bond donors (Lipinski definition) is 0. The number of hydrogen-bond acceptors (Lipinski definition) is 2. The van der Waals surface area contributed by atoms with Gasteiger partial charge in [-0.3, -0.25) is 0 Å². The highest BCUT2D eigenvalue weighted by Crippen LogP contribution is 2.38. The lowest BCUT2D eigenvalue weighted by Crippen LogP contribution is -2.33. The lowest BCUT2D eigenvalue weighted by Gasteiger charge is -2.36. The fraction of sp³-hybridized carbons (Fsp3) is 0.500. The van der Waals surface area contributed by atoms with Crippen molar-refractivity contribution in [3.8, 4) is 0 Å². The number of benzene rings is 1. The van der Waals surface area contributed by atoms with Gasteiger partial charge in [-0.1, -0.05) is 0 Å². The SMILES string of the molecule is COC1CC(n2c(CCCl)nc3cc(Br)c(F)cc32)C1. The smallest absolute Gasteiger partial charge is 0.139 e. The number of aryl methyl sites for hydroxylation is 1. The Kier molecular flexibility index (Phi) is 4.02. The number of methoxy groups -OCH3 is 1. The zero-order valence-corrected chi connectivity index (χ0v) is 13.4. The molecule has 1 aliphatic carbocycles. The van der Waals surface area contributed by atoms with Gasteiger partial charge in [-0.15, -0.1) is 11.6 Å². The van der Waals surface area contributed by atoms with Crippen molar-refractivity contribution < 1.29 is 9.13 Å². The topological polar surface area (TPSA) is 27.1 Å². The van der Waals surface area contributed by atoms with Gasteiger partial charge in [0.25, 0.3) is 0 Å². The van der Waals surface area contributed by atoms with Crippen LogP contribution in [0.25, 0.3) is 11.0 Å². The van der Waals surface area contributed by atoms with Crippen LogP contribution in [0.2, 0.25) is 0 Å². The Labute approximate surface area is 130 Å². The van der Waals surface area contributed by atoms with Crippen molar-refractivity contribution in [2.45, 2.75) is 31.4 Å². The molecule has 1 aliphatic rings. The number of nitrogens with zero attached hydrogens (tertiary/aromatic N) is 2. The van der Waals surface area contributed by atoms with Crippen LogP contribution in [0, 0.1) is 5.82 Å². The molecule has 0 saturated heterocycles. The van der Waals surface area contributed by atoms with Crippen LogP contribution in [-0.4, -0.2) is 28.6 Å². The third-order valence-electron chi connectivity index (χ3n) is 3.89. The van der Waals surface area contributed by atoms with E-state index in [1.165, 1.54) is 0 Å². The molecule has 1 aromatic carbocycles. The number of alkyl halides is 1. The molecule has 6 heteroatoms. The second-order valence-corrected chi connectivity index (χ2v) is 6.31. The van der Waals surface area contributed by atoms with Gasteiger partial charge in [0, 0.05) is 31.5 Å². The second kappa shape index (κ2) is 5.62. The molecular weight excluding hydrogens is 347 g/mol. The zero-order chi connectivity index (χ0) is 14.3. The first-order valence-corrected chi connectivity index (χ1v) is 7.91. The molecule has 0 bridgehead atoms. The van der Waals surface area contributed by atoms with Crippen LogP contribution < -0.4 is 0 Å². The molecule has 1 aromatic heterocycles. The molecule has 108 valence electrons. The van der Waals surface area contributed by atoms with Crippen molar-refractivity contribution in [1.82, 2.24) is 9.55 Å². The van der Waals surface area contributed by atoms with E-state index in [2.05, 4.69) is 25.5 Å². The van der Waals surface area contributed by atoms with E-state index in [0.717, 1.165) is 29.7 Å². The fourth-order valence-corrected chi connectivity index (χ4v) is 3.25. The molecule has 0 amide bonds. The van der Waals surface area contributed by atoms with Gasteiger partial charge >= 0.3 is 0 Å². The third kappa shape index (κ3) is 2.36. The van der Waals surface area contributed by atoms with Crippen LogP contribution >= 0.6 is 27.5 Å². The maximum absolute atomic E-state index is 13.8. The van der Waals surface area contributed by atoms with Crippen LogP contribution in [0.5, 0.6) is 0 Å². The van der Waals surface area contributed by atoms with Gasteiger partial charge in [0.15, 0.2) is 0 Å². The highest BCUT2D eigenvalue weighted by atomic mass is 79.9. The lowest BCUT2D eigenvalue weighted by atomic mass is 9.88. The molecular formula is C14H15BrClFN2O. The molecule has 1 saturated carbocycles. The number of imidazole rings is 1. The number of aromatic nitrogens is 2. The Bertz CT molecular complexity index is 640. The number of halogens is 3. The fourth-order valence-electron chi connectivity index (χ4n) is 2.75. The van der Waals surface area contributed by atoms with E-state index in [1.54, 1.807) is 19.2 Å². The zero-order valence-electron chi connectivity index (χ0n) is 11.1. The number of fused-ring (bicyclic) bond motifs is 1. The monoisotopic (exact) mass is 360 g/mol. The summed E-state index contributed by atoms with van der Waals surface area (Å²) in [6, 6.07) is 3.60. The quantitative estimate of drug-likeness (QED) is 0.768. The second-order valence-electron chi connectivity index (χ2n) is 5.07. The summed E-state index contributed by atoms with van der Waals surface area (Å²) in [5.41, 5.74) is 1.64. The summed E-state index contributed by atoms with van der Waals surface area (Å²) in [4.78, 5) is 4.60. The van der Waals surface area contributed by atoms with E-state index in [4.69, 9.17) is 16.3 Å². The molecule has 2 aromatic rings. The summed E-state index contributed by atoms with van der Waals surface area (Å²) >= 11 is 9.07. The Morgan fingerprint density at radius 2 is 2.25 bits per heavy atom. The van der Waals surface area contributed by atoms with Gasteiger partial charge in [-0.2, -0.15) is 0 Å². The molecule has 0 N–H and O–H groups in total. The lowest BCUT2D eigenvalue weighted by molar-refractivity contribution is 0.00663. The van der Waals surface area contributed by atoms with Crippen molar-refractivity contribution in [3.05, 3.63) is 28.2 Å². The minimum atomic E-state index is -0.265. The van der Waals surface area contributed by atoms with Crippen molar-refractivity contribution in [2.75, 3.05) is 13.0 Å². The predicted molar refractivity (Wildman–Crippen MR) is 80.9 cm³/mol. The summed E-state index contributed by atoms with van der Waals surface area (Å²) in [5, 5.41) is 0. The van der Waals surface area contributed by atoms with Crippen molar-refractivity contribution in [1.29, 1.82) is 0 Å². The first-order valence-electron chi connectivity index (χ1n) is 6.58. The molecule has 0 atom stereocenters. The summed E-state index contributed by atoms with van der Waals surface area (Å²) in [5.74, 6) is 1.17. The highest BCUT2D eigenvalue weighted by molar-refractivity contribution is 9.10. The molecule has 0 spiro atoms. The molecule has 0 radical (unpaired) electrons. The van der Waals surface area contributed by atoms with Gasteiger partial charge in [-0.05, 0) is 34.8 Å². The minimum absolute atomic E-state index is 0.265. The normalized spacial score (nSPS) is 22.2. The number of ether oxygens (including phenoxy) is 1.